The third kappa shape index (κ3) is 8.32. The third-order valence-corrected chi connectivity index (χ3v) is 7.89. The van der Waals surface area contributed by atoms with E-state index in [1.807, 2.05) is 19.1 Å². The van der Waals surface area contributed by atoms with Gasteiger partial charge in [-0.05, 0) is 68.0 Å². The number of rotatable bonds is 14. The van der Waals surface area contributed by atoms with Crippen molar-refractivity contribution in [1.29, 1.82) is 0 Å². The quantitative estimate of drug-likeness (QED) is 0.345. The molecule has 0 aromatic heterocycles. The van der Waals surface area contributed by atoms with Gasteiger partial charge in [-0.3, -0.25) is 0 Å². The molecule has 8 nitrogen and oxygen atoms in total. The van der Waals surface area contributed by atoms with Gasteiger partial charge >= 0.3 is 0 Å². The zero-order chi connectivity index (χ0) is 27.7. The van der Waals surface area contributed by atoms with Gasteiger partial charge < -0.3 is 39.0 Å². The number of hydrogen-bond acceptors (Lipinski definition) is 8. The highest BCUT2D eigenvalue weighted by Gasteiger charge is 2.35. The van der Waals surface area contributed by atoms with Crippen molar-refractivity contribution in [2.45, 2.75) is 62.9 Å². The first-order chi connectivity index (χ1) is 18.9. The summed E-state index contributed by atoms with van der Waals surface area (Å²) in [6, 6.07) is 14.9. The molecule has 216 valence electrons. The van der Waals surface area contributed by atoms with Gasteiger partial charge in [0.05, 0.1) is 37.7 Å². The molecule has 0 saturated carbocycles. The van der Waals surface area contributed by atoms with Crippen molar-refractivity contribution >= 4 is 5.69 Å². The standard InChI is InChI=1S/C31H46N2O6/c1-31(34,12-16-36-3)20-25-19-27(24-7-9-26(37-4)10-8-24)30(21-32-25)39-22-23-6-11-29-28(18-23)33(14-17-38-29)13-5-15-35-2/h6-11,18,25,27,30,32,34H,5,12-17,19-22H2,1-4H3/t25-,27-,30+,31+/m1/s1. The lowest BCUT2D eigenvalue weighted by molar-refractivity contribution is -0.0208. The Kier molecular flexibility index (Phi) is 10.9. The van der Waals surface area contributed by atoms with E-state index < -0.39 is 5.60 Å². The molecule has 1 saturated heterocycles. The molecule has 4 rings (SSSR count). The van der Waals surface area contributed by atoms with Gasteiger partial charge in [0.15, 0.2) is 0 Å². The summed E-state index contributed by atoms with van der Waals surface area (Å²) in [6.45, 7) is 6.96. The van der Waals surface area contributed by atoms with Crippen LogP contribution in [0.3, 0.4) is 0 Å². The van der Waals surface area contributed by atoms with E-state index in [9.17, 15) is 5.11 Å². The summed E-state index contributed by atoms with van der Waals surface area (Å²) in [5, 5.41) is 14.6. The van der Waals surface area contributed by atoms with Gasteiger partial charge in [-0.1, -0.05) is 18.2 Å². The number of nitrogens with one attached hydrogen (secondary N) is 1. The van der Waals surface area contributed by atoms with E-state index in [2.05, 4.69) is 40.5 Å². The third-order valence-electron chi connectivity index (χ3n) is 7.89. The average Bonchev–Trinajstić information content (AvgIpc) is 2.95. The number of hydrogen-bond donors (Lipinski definition) is 2. The topological polar surface area (TPSA) is 81.7 Å². The van der Waals surface area contributed by atoms with E-state index >= 15 is 0 Å². The predicted molar refractivity (Wildman–Crippen MR) is 153 cm³/mol. The molecule has 1 fully saturated rings. The Hall–Kier alpha value is -2.36. The first kappa shape index (κ1) is 29.6. The Morgan fingerprint density at radius 3 is 2.62 bits per heavy atom. The first-order valence-corrected chi connectivity index (χ1v) is 14.1. The summed E-state index contributed by atoms with van der Waals surface area (Å²) >= 11 is 0. The number of anilines is 1. The van der Waals surface area contributed by atoms with Crippen molar-refractivity contribution < 1.29 is 28.8 Å². The molecule has 2 aliphatic rings. The summed E-state index contributed by atoms with van der Waals surface area (Å²) in [4.78, 5) is 2.38. The van der Waals surface area contributed by atoms with E-state index in [0.29, 0.717) is 32.7 Å². The highest BCUT2D eigenvalue weighted by molar-refractivity contribution is 5.61. The molecule has 0 bridgehead atoms. The summed E-state index contributed by atoms with van der Waals surface area (Å²) in [5.74, 6) is 1.98. The molecule has 0 radical (unpaired) electrons. The fourth-order valence-corrected chi connectivity index (χ4v) is 5.70. The van der Waals surface area contributed by atoms with Gasteiger partial charge in [0.25, 0.3) is 0 Å². The minimum atomic E-state index is -0.786. The van der Waals surface area contributed by atoms with Crippen molar-refractivity contribution in [2.24, 2.45) is 0 Å². The molecule has 2 N–H and O–H groups in total. The van der Waals surface area contributed by atoms with Crippen LogP contribution in [0, 0.1) is 0 Å². The van der Waals surface area contributed by atoms with E-state index in [1.165, 1.54) is 5.56 Å². The predicted octanol–water partition coefficient (Wildman–Crippen LogP) is 4.14. The first-order valence-electron chi connectivity index (χ1n) is 14.1. The minimum Gasteiger partial charge on any atom is -0.497 e. The summed E-state index contributed by atoms with van der Waals surface area (Å²) in [7, 11) is 5.10. The molecule has 2 aliphatic heterocycles. The van der Waals surface area contributed by atoms with E-state index in [0.717, 1.165) is 61.8 Å². The lowest BCUT2D eigenvalue weighted by Crippen LogP contribution is -2.49. The van der Waals surface area contributed by atoms with Gasteiger partial charge in [0.1, 0.15) is 18.1 Å². The number of benzene rings is 2. The van der Waals surface area contributed by atoms with Crippen molar-refractivity contribution in [2.75, 3.05) is 65.7 Å². The summed E-state index contributed by atoms with van der Waals surface area (Å²) in [5.41, 5.74) is 2.71. The second-order valence-corrected chi connectivity index (χ2v) is 11.0. The van der Waals surface area contributed by atoms with Crippen LogP contribution in [0.25, 0.3) is 0 Å². The van der Waals surface area contributed by atoms with Crippen LogP contribution in [-0.4, -0.2) is 83.6 Å². The van der Waals surface area contributed by atoms with Crippen molar-refractivity contribution in [3.8, 4) is 11.5 Å². The average molecular weight is 543 g/mol. The number of methoxy groups -OCH3 is 3. The molecule has 39 heavy (non-hydrogen) atoms. The fourth-order valence-electron chi connectivity index (χ4n) is 5.70. The Bertz CT molecular complexity index is 1010. The molecule has 2 aromatic carbocycles. The van der Waals surface area contributed by atoms with Crippen molar-refractivity contribution in [3.05, 3.63) is 53.6 Å². The number of ether oxygens (including phenoxy) is 5. The summed E-state index contributed by atoms with van der Waals surface area (Å²) in [6.07, 6.45) is 3.14. The zero-order valence-corrected chi connectivity index (χ0v) is 24.0. The molecular formula is C31H46N2O6. The molecule has 2 heterocycles. The molecule has 8 heteroatoms. The number of nitrogens with zero attached hydrogens (tertiary/aromatic N) is 1. The molecule has 4 atom stereocenters. The Labute approximate surface area is 233 Å². The van der Waals surface area contributed by atoms with Gasteiger partial charge in [-0.25, -0.2) is 0 Å². The second-order valence-electron chi connectivity index (χ2n) is 11.0. The lowest BCUT2D eigenvalue weighted by Gasteiger charge is -2.40. The van der Waals surface area contributed by atoms with Gasteiger partial charge in [-0.15, -0.1) is 0 Å². The highest BCUT2D eigenvalue weighted by atomic mass is 16.5. The molecular weight excluding hydrogens is 496 g/mol. The maximum absolute atomic E-state index is 10.9. The molecule has 0 spiro atoms. The van der Waals surface area contributed by atoms with E-state index in [-0.39, 0.29) is 18.1 Å². The van der Waals surface area contributed by atoms with Crippen molar-refractivity contribution in [1.82, 2.24) is 5.32 Å². The highest BCUT2D eigenvalue weighted by Crippen LogP contribution is 2.36. The normalized spacial score (nSPS) is 22.6. The van der Waals surface area contributed by atoms with Crippen LogP contribution in [0.5, 0.6) is 11.5 Å². The number of aliphatic hydroxyl groups is 1. The van der Waals surface area contributed by atoms with Crippen molar-refractivity contribution in [3.63, 3.8) is 0 Å². The maximum atomic E-state index is 10.9. The monoisotopic (exact) mass is 542 g/mol. The van der Waals surface area contributed by atoms with Gasteiger partial charge in [-0.2, -0.15) is 0 Å². The van der Waals surface area contributed by atoms with Gasteiger partial charge in [0.2, 0.25) is 0 Å². The lowest BCUT2D eigenvalue weighted by atomic mass is 9.80. The molecule has 2 aromatic rings. The molecule has 0 unspecified atom stereocenters. The van der Waals surface area contributed by atoms with E-state index in [1.54, 1.807) is 21.3 Å². The maximum Gasteiger partial charge on any atom is 0.142 e. The van der Waals surface area contributed by atoms with Crippen LogP contribution in [-0.2, 0) is 20.8 Å². The van der Waals surface area contributed by atoms with Crippen LogP contribution >= 0.6 is 0 Å². The smallest absolute Gasteiger partial charge is 0.142 e. The molecule has 0 aliphatic carbocycles. The second kappa shape index (κ2) is 14.3. The molecule has 0 amide bonds. The van der Waals surface area contributed by atoms with E-state index in [4.69, 9.17) is 23.7 Å². The fraction of sp³-hybridized carbons (Fsp3) is 0.613. The van der Waals surface area contributed by atoms with Crippen LogP contribution in [0.4, 0.5) is 5.69 Å². The largest absolute Gasteiger partial charge is 0.497 e. The SMILES string of the molecule is COCCCN1CCOc2ccc(CO[C@H]3CN[C@@H](C[C@@](C)(O)CCOC)C[C@@H]3c3ccc(OC)cc3)cc21. The minimum absolute atomic E-state index is 0.00339. The Morgan fingerprint density at radius 1 is 1.08 bits per heavy atom. The number of piperidine rings is 1. The Morgan fingerprint density at radius 2 is 1.87 bits per heavy atom. The van der Waals surface area contributed by atoms with Crippen LogP contribution in [0.15, 0.2) is 42.5 Å². The summed E-state index contributed by atoms with van der Waals surface area (Å²) < 4.78 is 28.4. The van der Waals surface area contributed by atoms with Crippen LogP contribution < -0.4 is 19.7 Å². The number of fused-ring (bicyclic) bond motifs is 1. The van der Waals surface area contributed by atoms with Crippen LogP contribution in [0.2, 0.25) is 0 Å². The van der Waals surface area contributed by atoms with Gasteiger partial charge in [0, 0.05) is 52.5 Å². The van der Waals surface area contributed by atoms with Crippen LogP contribution in [0.1, 0.15) is 49.7 Å². The Balaban J connectivity index is 1.45. The zero-order valence-electron chi connectivity index (χ0n) is 24.0.